The van der Waals surface area contributed by atoms with E-state index in [0.717, 1.165) is 16.5 Å². The molecule has 0 saturated carbocycles. The molecule has 2 rings (SSSR count). The highest BCUT2D eigenvalue weighted by atomic mass is 16.5. The van der Waals surface area contributed by atoms with E-state index >= 15 is 0 Å². The van der Waals surface area contributed by atoms with Crippen LogP contribution in [0.1, 0.15) is 25.1 Å². The van der Waals surface area contributed by atoms with Gasteiger partial charge in [0.05, 0.1) is 18.2 Å². The number of carbonyl (C=O) groups excluding carboxylic acids is 1. The Morgan fingerprint density at radius 1 is 1.25 bits per heavy atom. The SMILES string of the molecule is COC(=O)C(C)(C)C=Cc1cc2cc(C)ccc2cn1. The third-order valence-corrected chi connectivity index (χ3v) is 3.28. The summed E-state index contributed by atoms with van der Waals surface area (Å²) in [5.41, 5.74) is 1.39. The van der Waals surface area contributed by atoms with E-state index in [1.54, 1.807) is 0 Å². The molecule has 0 N–H and O–H groups in total. The summed E-state index contributed by atoms with van der Waals surface area (Å²) in [6.07, 6.45) is 5.53. The maximum Gasteiger partial charge on any atom is 0.315 e. The van der Waals surface area contributed by atoms with E-state index in [2.05, 4.69) is 30.1 Å². The van der Waals surface area contributed by atoms with Gasteiger partial charge in [0.15, 0.2) is 0 Å². The van der Waals surface area contributed by atoms with Crippen LogP contribution in [0.25, 0.3) is 16.8 Å². The summed E-state index contributed by atoms with van der Waals surface area (Å²) in [5, 5.41) is 2.26. The average Bonchev–Trinajstić information content (AvgIpc) is 2.43. The van der Waals surface area contributed by atoms with Gasteiger partial charge in [-0.15, -0.1) is 0 Å². The molecule has 0 bridgehead atoms. The van der Waals surface area contributed by atoms with E-state index in [1.807, 2.05) is 38.3 Å². The summed E-state index contributed by atoms with van der Waals surface area (Å²) in [6, 6.07) is 8.27. The van der Waals surface area contributed by atoms with Crippen molar-refractivity contribution in [1.29, 1.82) is 0 Å². The van der Waals surface area contributed by atoms with Crippen molar-refractivity contribution in [3.05, 3.63) is 47.8 Å². The smallest absolute Gasteiger partial charge is 0.315 e. The number of benzene rings is 1. The Bertz CT molecular complexity index is 672. The Morgan fingerprint density at radius 3 is 2.70 bits per heavy atom. The number of carbonyl (C=O) groups is 1. The van der Waals surface area contributed by atoms with Gasteiger partial charge in [-0.25, -0.2) is 0 Å². The molecule has 2 aromatic rings. The highest BCUT2D eigenvalue weighted by Gasteiger charge is 2.25. The van der Waals surface area contributed by atoms with Crippen LogP contribution < -0.4 is 0 Å². The Hall–Kier alpha value is -2.16. The van der Waals surface area contributed by atoms with Gasteiger partial charge in [0.2, 0.25) is 0 Å². The Kier molecular flexibility index (Phi) is 3.89. The number of hydrogen-bond acceptors (Lipinski definition) is 3. The highest BCUT2D eigenvalue weighted by molar-refractivity contribution is 5.84. The zero-order valence-electron chi connectivity index (χ0n) is 12.3. The third-order valence-electron chi connectivity index (χ3n) is 3.28. The molecule has 104 valence electrons. The van der Waals surface area contributed by atoms with Gasteiger partial charge in [0.25, 0.3) is 0 Å². The van der Waals surface area contributed by atoms with Crippen LogP contribution in [0.15, 0.2) is 36.5 Å². The zero-order valence-corrected chi connectivity index (χ0v) is 12.3. The van der Waals surface area contributed by atoms with Crippen molar-refractivity contribution < 1.29 is 9.53 Å². The van der Waals surface area contributed by atoms with Crippen LogP contribution in [0.3, 0.4) is 0 Å². The van der Waals surface area contributed by atoms with Crippen LogP contribution >= 0.6 is 0 Å². The lowest BCUT2D eigenvalue weighted by Gasteiger charge is -2.16. The van der Waals surface area contributed by atoms with E-state index in [1.165, 1.54) is 12.7 Å². The van der Waals surface area contributed by atoms with Gasteiger partial charge >= 0.3 is 5.97 Å². The number of ether oxygens (including phenoxy) is 1. The maximum atomic E-state index is 11.6. The van der Waals surface area contributed by atoms with E-state index in [0.29, 0.717) is 0 Å². The van der Waals surface area contributed by atoms with Crippen molar-refractivity contribution in [3.8, 4) is 0 Å². The lowest BCUT2D eigenvalue weighted by Crippen LogP contribution is -2.22. The molecule has 3 heteroatoms. The molecule has 0 spiro atoms. The number of esters is 1. The molecule has 0 saturated heterocycles. The normalized spacial score (nSPS) is 12.0. The van der Waals surface area contributed by atoms with Crippen molar-refractivity contribution in [1.82, 2.24) is 4.98 Å². The standard InChI is InChI=1S/C17H19NO2/c1-12-5-6-13-11-18-15(10-14(13)9-12)7-8-17(2,3)16(19)20-4/h5-11H,1-4H3. The van der Waals surface area contributed by atoms with Gasteiger partial charge < -0.3 is 4.74 Å². The van der Waals surface area contributed by atoms with Crippen molar-refractivity contribution in [2.24, 2.45) is 5.41 Å². The van der Waals surface area contributed by atoms with E-state index in [9.17, 15) is 4.79 Å². The minimum Gasteiger partial charge on any atom is -0.468 e. The quantitative estimate of drug-likeness (QED) is 0.796. The van der Waals surface area contributed by atoms with Crippen LogP contribution in [0.4, 0.5) is 0 Å². The van der Waals surface area contributed by atoms with E-state index in [4.69, 9.17) is 4.74 Å². The van der Waals surface area contributed by atoms with Crippen LogP contribution in [0.2, 0.25) is 0 Å². The Labute approximate surface area is 119 Å². The Balaban J connectivity index is 2.32. The predicted octanol–water partition coefficient (Wildman–Crippen LogP) is 3.76. The fourth-order valence-electron chi connectivity index (χ4n) is 1.99. The number of methoxy groups -OCH3 is 1. The predicted molar refractivity (Wildman–Crippen MR) is 81.3 cm³/mol. The van der Waals surface area contributed by atoms with Gasteiger partial charge in [-0.05, 0) is 38.3 Å². The number of pyridine rings is 1. The van der Waals surface area contributed by atoms with Crippen LogP contribution in [0.5, 0.6) is 0 Å². The van der Waals surface area contributed by atoms with Gasteiger partial charge in [-0.1, -0.05) is 29.8 Å². The molecule has 0 unspecified atom stereocenters. The fourth-order valence-corrected chi connectivity index (χ4v) is 1.99. The summed E-state index contributed by atoms with van der Waals surface area (Å²) in [4.78, 5) is 16.0. The first-order valence-electron chi connectivity index (χ1n) is 6.56. The minimum absolute atomic E-state index is 0.259. The van der Waals surface area contributed by atoms with E-state index in [-0.39, 0.29) is 5.97 Å². The first kappa shape index (κ1) is 14.3. The molecule has 0 atom stereocenters. The van der Waals surface area contributed by atoms with Crippen molar-refractivity contribution in [2.45, 2.75) is 20.8 Å². The number of aromatic nitrogens is 1. The second-order valence-corrected chi connectivity index (χ2v) is 5.51. The van der Waals surface area contributed by atoms with Gasteiger partial charge in [0.1, 0.15) is 0 Å². The van der Waals surface area contributed by atoms with Crippen molar-refractivity contribution in [3.63, 3.8) is 0 Å². The summed E-state index contributed by atoms with van der Waals surface area (Å²) < 4.78 is 4.78. The van der Waals surface area contributed by atoms with Crippen LogP contribution in [0, 0.1) is 12.3 Å². The molecule has 1 aromatic carbocycles. The summed E-state index contributed by atoms with van der Waals surface area (Å²) in [6.45, 7) is 5.71. The second kappa shape index (κ2) is 5.45. The molecule has 1 aromatic heterocycles. The third kappa shape index (κ3) is 3.05. The van der Waals surface area contributed by atoms with Gasteiger partial charge in [-0.2, -0.15) is 0 Å². The Morgan fingerprint density at radius 2 is 2.00 bits per heavy atom. The molecular formula is C17H19NO2. The first-order chi connectivity index (χ1) is 9.42. The topological polar surface area (TPSA) is 39.2 Å². The number of hydrogen-bond donors (Lipinski definition) is 0. The van der Waals surface area contributed by atoms with Crippen molar-refractivity contribution >= 4 is 22.8 Å². The molecule has 0 radical (unpaired) electrons. The molecule has 0 amide bonds. The minimum atomic E-state index is -0.655. The molecule has 0 aliphatic heterocycles. The largest absolute Gasteiger partial charge is 0.468 e. The molecule has 1 heterocycles. The molecule has 0 aliphatic carbocycles. The molecule has 20 heavy (non-hydrogen) atoms. The molecular weight excluding hydrogens is 250 g/mol. The van der Waals surface area contributed by atoms with Crippen LogP contribution in [-0.4, -0.2) is 18.1 Å². The first-order valence-corrected chi connectivity index (χ1v) is 6.56. The number of aryl methyl sites for hydroxylation is 1. The molecule has 3 nitrogen and oxygen atoms in total. The number of rotatable bonds is 3. The summed E-state index contributed by atoms with van der Waals surface area (Å²) in [5.74, 6) is -0.259. The molecule has 0 fully saturated rings. The van der Waals surface area contributed by atoms with Gasteiger partial charge in [-0.3, -0.25) is 9.78 Å². The molecule has 0 aliphatic rings. The maximum absolute atomic E-state index is 11.6. The monoisotopic (exact) mass is 269 g/mol. The van der Waals surface area contributed by atoms with Crippen LogP contribution in [-0.2, 0) is 9.53 Å². The number of fused-ring (bicyclic) bond motifs is 1. The highest BCUT2D eigenvalue weighted by Crippen LogP contribution is 2.21. The van der Waals surface area contributed by atoms with E-state index < -0.39 is 5.41 Å². The van der Waals surface area contributed by atoms with Crippen molar-refractivity contribution in [2.75, 3.05) is 7.11 Å². The zero-order chi connectivity index (χ0) is 14.8. The lowest BCUT2D eigenvalue weighted by molar-refractivity contribution is -0.148. The average molecular weight is 269 g/mol. The second-order valence-electron chi connectivity index (χ2n) is 5.51. The summed E-state index contributed by atoms with van der Waals surface area (Å²) in [7, 11) is 1.40. The van der Waals surface area contributed by atoms with Gasteiger partial charge in [0, 0.05) is 11.6 Å². The summed E-state index contributed by atoms with van der Waals surface area (Å²) >= 11 is 0. The number of nitrogens with zero attached hydrogens (tertiary/aromatic N) is 1. The fraction of sp³-hybridized carbons (Fsp3) is 0.294. The lowest BCUT2D eigenvalue weighted by atomic mass is 9.93.